The van der Waals surface area contributed by atoms with Gasteiger partial charge in [-0.3, -0.25) is 4.90 Å². The number of hydrogen-bond donors (Lipinski definition) is 1. The summed E-state index contributed by atoms with van der Waals surface area (Å²) in [5.74, 6) is -0.177. The van der Waals surface area contributed by atoms with Gasteiger partial charge in [0.05, 0.1) is 12.7 Å². The number of likely N-dealkylation sites (tertiary alicyclic amines) is 1. The summed E-state index contributed by atoms with van der Waals surface area (Å²) in [6.45, 7) is 4.59. The first-order chi connectivity index (χ1) is 9.69. The van der Waals surface area contributed by atoms with Crippen LogP contribution < -0.4 is 0 Å². The van der Waals surface area contributed by atoms with Gasteiger partial charge in [0, 0.05) is 19.2 Å². The van der Waals surface area contributed by atoms with Gasteiger partial charge in [-0.25, -0.2) is 4.39 Å². The van der Waals surface area contributed by atoms with Crippen molar-refractivity contribution >= 4 is 0 Å². The zero-order valence-electron chi connectivity index (χ0n) is 12.1. The minimum absolute atomic E-state index is 0.177. The Labute approximate surface area is 120 Å². The molecular weight excluding hydrogens is 257 g/mol. The smallest absolute Gasteiger partial charge is 0.123 e. The summed E-state index contributed by atoms with van der Waals surface area (Å²) in [6, 6.07) is 7.20. The Hall–Kier alpha value is -0.970. The van der Waals surface area contributed by atoms with E-state index in [1.54, 1.807) is 12.1 Å². The van der Waals surface area contributed by atoms with Crippen molar-refractivity contribution in [3.63, 3.8) is 0 Å². The lowest BCUT2D eigenvalue weighted by molar-refractivity contribution is 0.0188. The molecule has 2 rings (SSSR count). The first kappa shape index (κ1) is 15.4. The van der Waals surface area contributed by atoms with Crippen LogP contribution in [0.15, 0.2) is 24.3 Å². The summed E-state index contributed by atoms with van der Waals surface area (Å²) < 4.78 is 18.5. The van der Waals surface area contributed by atoms with Crippen molar-refractivity contribution in [3.05, 3.63) is 35.6 Å². The predicted octanol–water partition coefficient (Wildman–Crippen LogP) is 2.23. The van der Waals surface area contributed by atoms with Crippen LogP contribution in [0, 0.1) is 5.82 Å². The van der Waals surface area contributed by atoms with Gasteiger partial charge in [0.15, 0.2) is 0 Å². The van der Waals surface area contributed by atoms with Crippen molar-refractivity contribution in [3.8, 4) is 0 Å². The van der Waals surface area contributed by atoms with Gasteiger partial charge in [0.25, 0.3) is 0 Å². The van der Waals surface area contributed by atoms with Crippen LogP contribution in [0.4, 0.5) is 4.39 Å². The molecule has 2 atom stereocenters. The molecule has 0 bridgehead atoms. The lowest BCUT2D eigenvalue weighted by atomic mass is 10.0. The number of ether oxygens (including phenoxy) is 1. The second-order valence-corrected chi connectivity index (χ2v) is 5.44. The number of aliphatic hydroxyl groups is 1. The fourth-order valence-corrected chi connectivity index (χ4v) is 2.88. The third kappa shape index (κ3) is 4.54. The Balaban J connectivity index is 1.87. The second-order valence-electron chi connectivity index (χ2n) is 5.44. The summed E-state index contributed by atoms with van der Waals surface area (Å²) in [6.07, 6.45) is 2.65. The van der Waals surface area contributed by atoms with Crippen molar-refractivity contribution in [1.29, 1.82) is 0 Å². The molecule has 0 unspecified atom stereocenters. The lowest BCUT2D eigenvalue weighted by Crippen LogP contribution is -2.39. The summed E-state index contributed by atoms with van der Waals surface area (Å²) in [5, 5.41) is 9.94. The van der Waals surface area contributed by atoms with Gasteiger partial charge >= 0.3 is 0 Å². The van der Waals surface area contributed by atoms with E-state index in [4.69, 9.17) is 4.74 Å². The molecule has 1 heterocycles. The van der Waals surface area contributed by atoms with Crippen LogP contribution in [-0.2, 0) is 11.2 Å². The normalized spacial score (nSPS) is 21.2. The highest BCUT2D eigenvalue weighted by Gasteiger charge is 2.26. The number of halogens is 1. The largest absolute Gasteiger partial charge is 0.389 e. The minimum atomic E-state index is -0.442. The van der Waals surface area contributed by atoms with E-state index < -0.39 is 6.10 Å². The topological polar surface area (TPSA) is 32.7 Å². The van der Waals surface area contributed by atoms with Crippen LogP contribution in [0.3, 0.4) is 0 Å². The number of nitrogens with zero attached hydrogens (tertiary/aromatic N) is 1. The average molecular weight is 281 g/mol. The molecule has 1 N–H and O–H groups in total. The molecule has 1 aliphatic heterocycles. The van der Waals surface area contributed by atoms with Gasteiger partial charge in [-0.1, -0.05) is 12.1 Å². The van der Waals surface area contributed by atoms with E-state index in [0.29, 0.717) is 25.8 Å². The first-order valence-electron chi connectivity index (χ1n) is 7.43. The second kappa shape index (κ2) is 7.72. The minimum Gasteiger partial charge on any atom is -0.389 e. The molecule has 4 heteroatoms. The maximum absolute atomic E-state index is 13.2. The lowest BCUT2D eigenvalue weighted by Gasteiger charge is -2.26. The quantitative estimate of drug-likeness (QED) is 0.832. The fraction of sp³-hybridized carbons (Fsp3) is 0.625. The van der Waals surface area contributed by atoms with Crippen molar-refractivity contribution < 1.29 is 14.2 Å². The zero-order chi connectivity index (χ0) is 14.4. The third-order valence-electron chi connectivity index (χ3n) is 3.82. The molecule has 0 radical (unpaired) electrons. The van der Waals surface area contributed by atoms with Crippen molar-refractivity contribution in [1.82, 2.24) is 4.90 Å². The molecular formula is C16H24FNO2. The highest BCUT2D eigenvalue weighted by molar-refractivity contribution is 5.17. The van der Waals surface area contributed by atoms with E-state index in [1.807, 2.05) is 13.0 Å². The van der Waals surface area contributed by atoms with Crippen LogP contribution in [0.25, 0.3) is 0 Å². The van der Waals surface area contributed by atoms with E-state index in [9.17, 15) is 9.50 Å². The number of benzene rings is 1. The van der Waals surface area contributed by atoms with E-state index in [-0.39, 0.29) is 5.82 Å². The van der Waals surface area contributed by atoms with Gasteiger partial charge in [0.1, 0.15) is 5.82 Å². The van der Waals surface area contributed by atoms with Crippen LogP contribution in [0.5, 0.6) is 0 Å². The Kier molecular flexibility index (Phi) is 5.95. The molecule has 1 saturated heterocycles. The number of rotatable bonds is 7. The Bertz CT molecular complexity index is 413. The van der Waals surface area contributed by atoms with E-state index in [2.05, 4.69) is 4.90 Å². The first-order valence-corrected chi connectivity index (χ1v) is 7.43. The maximum Gasteiger partial charge on any atom is 0.123 e. The third-order valence-corrected chi connectivity index (χ3v) is 3.82. The molecule has 1 fully saturated rings. The predicted molar refractivity (Wildman–Crippen MR) is 77.2 cm³/mol. The van der Waals surface area contributed by atoms with E-state index >= 15 is 0 Å². The van der Waals surface area contributed by atoms with Gasteiger partial charge in [-0.2, -0.15) is 0 Å². The highest BCUT2D eigenvalue weighted by atomic mass is 19.1. The number of β-amino-alcohol motifs (C(OH)–C–C–N with tert-alkyl or cyclic N) is 1. The van der Waals surface area contributed by atoms with Crippen molar-refractivity contribution in [2.75, 3.05) is 26.3 Å². The Morgan fingerprint density at radius 2 is 2.35 bits per heavy atom. The molecule has 20 heavy (non-hydrogen) atoms. The van der Waals surface area contributed by atoms with Crippen LogP contribution in [-0.4, -0.2) is 48.5 Å². The zero-order valence-corrected chi connectivity index (χ0v) is 12.1. The Morgan fingerprint density at radius 3 is 3.10 bits per heavy atom. The molecule has 0 aromatic heterocycles. The van der Waals surface area contributed by atoms with Gasteiger partial charge < -0.3 is 9.84 Å². The average Bonchev–Trinajstić information content (AvgIpc) is 2.83. The van der Waals surface area contributed by atoms with Crippen LogP contribution in [0.1, 0.15) is 25.3 Å². The highest BCUT2D eigenvalue weighted by Crippen LogP contribution is 2.21. The van der Waals surface area contributed by atoms with Gasteiger partial charge in [-0.05, 0) is 50.4 Å². The van der Waals surface area contributed by atoms with Crippen molar-refractivity contribution in [2.45, 2.75) is 38.3 Å². The molecule has 0 spiro atoms. The molecule has 1 aromatic rings. The number of hydrogen-bond acceptors (Lipinski definition) is 3. The summed E-state index contributed by atoms with van der Waals surface area (Å²) in [4.78, 5) is 2.30. The summed E-state index contributed by atoms with van der Waals surface area (Å²) in [7, 11) is 0. The molecule has 3 nitrogen and oxygen atoms in total. The van der Waals surface area contributed by atoms with E-state index in [1.165, 1.54) is 6.07 Å². The molecule has 1 aliphatic rings. The molecule has 0 saturated carbocycles. The maximum atomic E-state index is 13.2. The SMILES string of the molecule is CCOC[C@H](O)CN1CCC[C@@H]1Cc1cccc(F)c1. The Morgan fingerprint density at radius 1 is 1.50 bits per heavy atom. The van der Waals surface area contributed by atoms with Crippen molar-refractivity contribution in [2.24, 2.45) is 0 Å². The van der Waals surface area contributed by atoms with Gasteiger partial charge in [-0.15, -0.1) is 0 Å². The van der Waals surface area contributed by atoms with E-state index in [0.717, 1.165) is 31.4 Å². The molecule has 1 aromatic carbocycles. The fourth-order valence-electron chi connectivity index (χ4n) is 2.88. The summed E-state index contributed by atoms with van der Waals surface area (Å²) in [5.41, 5.74) is 1.03. The van der Waals surface area contributed by atoms with Crippen LogP contribution in [0.2, 0.25) is 0 Å². The molecule has 0 amide bonds. The standard InChI is InChI=1S/C16H24FNO2/c1-2-20-12-16(19)11-18-8-4-7-15(18)10-13-5-3-6-14(17)9-13/h3,5-6,9,15-16,19H,2,4,7-8,10-12H2,1H3/t15-,16-/m1/s1. The monoisotopic (exact) mass is 281 g/mol. The van der Waals surface area contributed by atoms with Gasteiger partial charge in [0.2, 0.25) is 0 Å². The van der Waals surface area contributed by atoms with Crippen LogP contribution >= 0.6 is 0 Å². The molecule has 112 valence electrons. The number of aliphatic hydroxyl groups excluding tert-OH is 1. The molecule has 0 aliphatic carbocycles. The summed E-state index contributed by atoms with van der Waals surface area (Å²) >= 11 is 0.